The van der Waals surface area contributed by atoms with Crippen LogP contribution in [0.5, 0.6) is 0 Å². The summed E-state index contributed by atoms with van der Waals surface area (Å²) in [6, 6.07) is 0. The van der Waals surface area contributed by atoms with Gasteiger partial charge in [0.05, 0.1) is 6.61 Å². The van der Waals surface area contributed by atoms with Gasteiger partial charge in [-0.15, -0.1) is 5.53 Å². The highest BCUT2D eigenvalue weighted by Gasteiger charge is 1.83. The fraction of sp³-hybridized carbons (Fsp3) is 0.667. The SMILES string of the molecule is CC(=O)NN=[N+]=[N-].CCOC(C)=O. The molecule has 0 aromatic rings. The lowest BCUT2D eigenvalue weighted by Crippen LogP contribution is -2.09. The topological polar surface area (TPSA) is 104 Å². The van der Waals surface area contributed by atoms with Crippen molar-refractivity contribution in [3.05, 3.63) is 10.4 Å². The largest absolute Gasteiger partial charge is 0.466 e. The molecular formula is C6H12N4O3. The lowest BCUT2D eigenvalue weighted by Gasteiger charge is -1.89. The molecule has 13 heavy (non-hydrogen) atoms. The molecule has 0 aliphatic carbocycles. The van der Waals surface area contributed by atoms with Crippen molar-refractivity contribution >= 4 is 11.9 Å². The fourth-order valence-electron chi connectivity index (χ4n) is 0.296. The van der Waals surface area contributed by atoms with E-state index in [1.807, 2.05) is 5.43 Å². The first-order chi connectivity index (χ1) is 6.04. The summed E-state index contributed by atoms with van der Waals surface area (Å²) < 4.78 is 4.40. The maximum atomic E-state index is 9.83. The van der Waals surface area contributed by atoms with Crippen LogP contribution < -0.4 is 5.43 Å². The molecule has 0 heterocycles. The number of esters is 1. The summed E-state index contributed by atoms with van der Waals surface area (Å²) in [5.41, 5.74) is 9.42. The molecule has 0 bridgehead atoms. The molecule has 0 radical (unpaired) electrons. The van der Waals surface area contributed by atoms with Crippen LogP contribution in [0.4, 0.5) is 0 Å². The highest BCUT2D eigenvalue weighted by Crippen LogP contribution is 1.69. The molecule has 0 unspecified atom stereocenters. The van der Waals surface area contributed by atoms with Crippen molar-refractivity contribution in [2.45, 2.75) is 20.8 Å². The summed E-state index contributed by atoms with van der Waals surface area (Å²) in [7, 11) is 0. The molecule has 0 aromatic heterocycles. The highest BCUT2D eigenvalue weighted by atomic mass is 16.5. The van der Waals surface area contributed by atoms with Gasteiger partial charge in [0, 0.05) is 13.8 Å². The molecule has 74 valence electrons. The maximum Gasteiger partial charge on any atom is 0.307 e. The van der Waals surface area contributed by atoms with Crippen LogP contribution in [-0.4, -0.2) is 18.5 Å². The van der Waals surface area contributed by atoms with Gasteiger partial charge < -0.3 is 4.74 Å². The van der Waals surface area contributed by atoms with Crippen LogP contribution in [0.3, 0.4) is 0 Å². The van der Waals surface area contributed by atoms with E-state index < -0.39 is 0 Å². The molecule has 7 heteroatoms. The third-order valence-electron chi connectivity index (χ3n) is 0.600. The van der Waals surface area contributed by atoms with Gasteiger partial charge in [0.25, 0.3) is 0 Å². The second-order valence-electron chi connectivity index (χ2n) is 1.78. The van der Waals surface area contributed by atoms with Crippen molar-refractivity contribution in [3.63, 3.8) is 0 Å². The number of nitrogens with one attached hydrogen (secondary N) is 1. The minimum Gasteiger partial charge on any atom is -0.466 e. The number of amides is 1. The van der Waals surface area contributed by atoms with E-state index in [0.717, 1.165) is 0 Å². The summed E-state index contributed by atoms with van der Waals surface area (Å²) in [6.07, 6.45) is 0. The van der Waals surface area contributed by atoms with Crippen LogP contribution in [0.25, 0.3) is 10.4 Å². The Morgan fingerprint density at radius 3 is 2.15 bits per heavy atom. The van der Waals surface area contributed by atoms with Gasteiger partial charge in [0.1, 0.15) is 0 Å². The minimum absolute atomic E-state index is 0.211. The zero-order valence-corrected chi connectivity index (χ0v) is 7.77. The van der Waals surface area contributed by atoms with Crippen LogP contribution >= 0.6 is 0 Å². The van der Waals surface area contributed by atoms with E-state index in [0.29, 0.717) is 6.61 Å². The second-order valence-corrected chi connectivity index (χ2v) is 1.78. The maximum absolute atomic E-state index is 9.83. The zero-order chi connectivity index (χ0) is 10.7. The molecule has 7 nitrogen and oxygen atoms in total. The quantitative estimate of drug-likeness (QED) is 0.229. The van der Waals surface area contributed by atoms with Crippen LogP contribution in [-0.2, 0) is 14.3 Å². The third-order valence-corrected chi connectivity index (χ3v) is 0.600. The lowest BCUT2D eigenvalue weighted by atomic mass is 10.8. The number of nitrogens with zero attached hydrogens (tertiary/aromatic N) is 3. The Labute approximate surface area is 75.7 Å². The highest BCUT2D eigenvalue weighted by molar-refractivity contribution is 5.72. The number of ether oxygens (including phenoxy) is 1. The first-order valence-corrected chi connectivity index (χ1v) is 3.48. The molecule has 0 aliphatic heterocycles. The predicted octanol–water partition coefficient (Wildman–Crippen LogP) is 0.917. The zero-order valence-electron chi connectivity index (χ0n) is 7.77. The van der Waals surface area contributed by atoms with Crippen molar-refractivity contribution in [3.8, 4) is 0 Å². The Morgan fingerprint density at radius 1 is 1.54 bits per heavy atom. The van der Waals surface area contributed by atoms with E-state index in [2.05, 4.69) is 14.9 Å². The van der Waals surface area contributed by atoms with Gasteiger partial charge in [-0.05, 0) is 12.1 Å². The molecule has 0 saturated carbocycles. The molecule has 1 amide bonds. The van der Waals surface area contributed by atoms with Crippen molar-refractivity contribution in [1.82, 2.24) is 5.43 Å². The molecule has 0 rings (SSSR count). The van der Waals surface area contributed by atoms with Crippen LogP contribution in [0, 0.1) is 0 Å². The van der Waals surface area contributed by atoms with Crippen LogP contribution in [0.15, 0.2) is 5.22 Å². The smallest absolute Gasteiger partial charge is 0.307 e. The number of azide groups is 1. The average molecular weight is 188 g/mol. The first kappa shape index (κ1) is 13.8. The number of carbonyl (C=O) groups is 2. The number of carbonyl (C=O) groups excluding carboxylic acids is 2. The minimum atomic E-state index is -0.363. The van der Waals surface area contributed by atoms with Crippen molar-refractivity contribution in [1.29, 1.82) is 0 Å². The Morgan fingerprint density at radius 2 is 2.08 bits per heavy atom. The summed E-state index contributed by atoms with van der Waals surface area (Å²) in [5, 5.41) is 2.75. The normalized spacial score (nSPS) is 7.00. The number of hydrogen-bond donors (Lipinski definition) is 1. The van der Waals surface area contributed by atoms with Crippen molar-refractivity contribution < 1.29 is 14.3 Å². The molecule has 0 spiro atoms. The summed E-state index contributed by atoms with van der Waals surface area (Å²) in [6.45, 7) is 4.91. The molecule has 1 N–H and O–H groups in total. The Bertz CT molecular complexity index is 210. The average Bonchev–Trinajstić information content (AvgIpc) is 2.01. The molecular weight excluding hydrogens is 176 g/mol. The molecule has 0 fully saturated rings. The second kappa shape index (κ2) is 10.2. The van der Waals surface area contributed by atoms with Gasteiger partial charge in [-0.2, -0.15) is 10.3 Å². The predicted molar refractivity (Wildman–Crippen MR) is 45.3 cm³/mol. The van der Waals surface area contributed by atoms with Gasteiger partial charge in [-0.25, -0.2) is 4.79 Å². The van der Waals surface area contributed by atoms with Gasteiger partial charge in [-0.1, -0.05) is 0 Å². The van der Waals surface area contributed by atoms with Gasteiger partial charge in [0.15, 0.2) is 0 Å². The van der Waals surface area contributed by atoms with Crippen LogP contribution in [0.1, 0.15) is 20.8 Å². The Kier molecular flexibility index (Phi) is 10.9. The Balaban J connectivity index is 0. The summed E-state index contributed by atoms with van der Waals surface area (Å²) >= 11 is 0. The standard InChI is InChI=1S/C4H8O2.C2H4N4O/c1-3-6-4(2)5;1-2(7)4-6-5-3/h3H2,1-2H3;1H3,(H,4,7). The summed E-state index contributed by atoms with van der Waals surface area (Å²) in [5.74, 6) is -0.574. The molecule has 0 aromatic carbocycles. The fourth-order valence-corrected chi connectivity index (χ4v) is 0.296. The monoisotopic (exact) mass is 188 g/mol. The van der Waals surface area contributed by atoms with E-state index in [-0.39, 0.29) is 11.9 Å². The molecule has 0 aliphatic rings. The number of hydrogen-bond acceptors (Lipinski definition) is 4. The van der Waals surface area contributed by atoms with E-state index in [1.165, 1.54) is 13.8 Å². The van der Waals surface area contributed by atoms with Gasteiger partial charge in [-0.3, -0.25) is 4.79 Å². The van der Waals surface area contributed by atoms with Crippen molar-refractivity contribution in [2.24, 2.45) is 5.22 Å². The number of rotatable bonds is 2. The first-order valence-electron chi connectivity index (χ1n) is 3.48. The summed E-state index contributed by atoms with van der Waals surface area (Å²) in [4.78, 5) is 21.9. The van der Waals surface area contributed by atoms with E-state index in [1.54, 1.807) is 6.92 Å². The van der Waals surface area contributed by atoms with Gasteiger partial charge >= 0.3 is 11.9 Å². The van der Waals surface area contributed by atoms with E-state index in [9.17, 15) is 9.59 Å². The van der Waals surface area contributed by atoms with E-state index in [4.69, 9.17) is 5.53 Å². The molecule has 0 saturated heterocycles. The Hall–Kier alpha value is -1.75. The third kappa shape index (κ3) is 25.3. The van der Waals surface area contributed by atoms with E-state index >= 15 is 0 Å². The van der Waals surface area contributed by atoms with Crippen molar-refractivity contribution in [2.75, 3.05) is 6.61 Å². The van der Waals surface area contributed by atoms with Gasteiger partial charge in [0.2, 0.25) is 0 Å². The lowest BCUT2D eigenvalue weighted by molar-refractivity contribution is -0.140. The van der Waals surface area contributed by atoms with Crippen LogP contribution in [0.2, 0.25) is 0 Å². The molecule has 0 atom stereocenters.